The second-order valence-corrected chi connectivity index (χ2v) is 10.7. The summed E-state index contributed by atoms with van der Waals surface area (Å²) in [5, 5.41) is 8.85. The van der Waals surface area contributed by atoms with Crippen LogP contribution in [0.3, 0.4) is 0 Å². The molecule has 3 aromatic carbocycles. The Balaban J connectivity index is 1.31. The van der Waals surface area contributed by atoms with Crippen molar-refractivity contribution in [3.05, 3.63) is 95.8 Å². The number of pyridine rings is 1. The summed E-state index contributed by atoms with van der Waals surface area (Å²) in [5.41, 5.74) is 9.39. The van der Waals surface area contributed by atoms with E-state index in [1.807, 2.05) is 30.3 Å². The van der Waals surface area contributed by atoms with Gasteiger partial charge in [0.05, 0.1) is 4.90 Å². The van der Waals surface area contributed by atoms with Crippen LogP contribution in [0.5, 0.6) is 0 Å². The Hall–Kier alpha value is -4.24. The predicted molar refractivity (Wildman–Crippen MR) is 145 cm³/mol. The number of benzene rings is 3. The number of anilines is 2. The highest BCUT2D eigenvalue weighted by atomic mass is 32.2. The Kier molecular flexibility index (Phi) is 6.62. The lowest BCUT2D eigenvalue weighted by Crippen LogP contribution is -2.35. The number of aromatic nitrogens is 1. The van der Waals surface area contributed by atoms with Gasteiger partial charge in [-0.25, -0.2) is 8.42 Å². The fourth-order valence-electron chi connectivity index (χ4n) is 4.69. The summed E-state index contributed by atoms with van der Waals surface area (Å²) < 4.78 is 29.1. The number of nitrogens with zero attached hydrogens (tertiary/aromatic N) is 2. The van der Waals surface area contributed by atoms with Gasteiger partial charge in [0.15, 0.2) is 0 Å². The number of hydrogen-bond acceptors (Lipinski definition) is 5. The first-order valence-electron chi connectivity index (χ1n) is 12.0. The summed E-state index contributed by atoms with van der Waals surface area (Å²) in [5.74, 6) is 0.0397. The molecule has 188 valence electrons. The van der Waals surface area contributed by atoms with Crippen LogP contribution in [0.4, 0.5) is 11.4 Å². The van der Waals surface area contributed by atoms with Crippen LogP contribution in [0.1, 0.15) is 29.5 Å². The van der Waals surface area contributed by atoms with Crippen molar-refractivity contribution in [2.24, 2.45) is 5.73 Å². The van der Waals surface area contributed by atoms with Crippen LogP contribution in [0.2, 0.25) is 0 Å². The van der Waals surface area contributed by atoms with E-state index in [1.54, 1.807) is 53.7 Å². The summed E-state index contributed by atoms with van der Waals surface area (Å²) in [4.78, 5) is 19.1. The number of nitrogens with one attached hydrogen (secondary N) is 2. The molecule has 0 fully saturated rings. The molecule has 0 bridgehead atoms. The van der Waals surface area contributed by atoms with Crippen molar-refractivity contribution < 1.29 is 13.2 Å². The van der Waals surface area contributed by atoms with E-state index < -0.39 is 10.0 Å². The van der Waals surface area contributed by atoms with E-state index in [1.165, 1.54) is 0 Å². The van der Waals surface area contributed by atoms with Crippen LogP contribution < -0.4 is 15.4 Å². The molecular formula is C28H27N5O3S. The van der Waals surface area contributed by atoms with Gasteiger partial charge < -0.3 is 10.6 Å². The first-order valence-corrected chi connectivity index (χ1v) is 13.5. The third-order valence-corrected chi connectivity index (χ3v) is 8.01. The van der Waals surface area contributed by atoms with Crippen molar-refractivity contribution in [3.8, 4) is 0 Å². The molecule has 9 heteroatoms. The number of fused-ring (bicyclic) bond motifs is 2. The highest BCUT2D eigenvalue weighted by Gasteiger charge is 2.24. The fourth-order valence-corrected chi connectivity index (χ4v) is 5.97. The Labute approximate surface area is 215 Å². The van der Waals surface area contributed by atoms with Gasteiger partial charge in [-0.2, -0.15) is 0 Å². The molecule has 0 saturated carbocycles. The van der Waals surface area contributed by atoms with Gasteiger partial charge in [0.2, 0.25) is 5.91 Å². The quantitative estimate of drug-likeness (QED) is 0.252. The second-order valence-electron chi connectivity index (χ2n) is 9.06. The number of rotatable bonds is 7. The van der Waals surface area contributed by atoms with Gasteiger partial charge in [-0.15, -0.1) is 0 Å². The molecule has 0 saturated heterocycles. The Bertz CT molecular complexity index is 1590. The maximum atomic E-state index is 13.2. The van der Waals surface area contributed by atoms with Crippen LogP contribution in [0.25, 0.3) is 10.8 Å². The van der Waals surface area contributed by atoms with Crippen LogP contribution in [0.15, 0.2) is 84.0 Å². The van der Waals surface area contributed by atoms with Gasteiger partial charge in [0, 0.05) is 53.1 Å². The monoisotopic (exact) mass is 513 g/mol. The third kappa shape index (κ3) is 5.17. The molecule has 8 nitrogen and oxygen atoms in total. The average molecular weight is 514 g/mol. The minimum absolute atomic E-state index is 0.0172. The van der Waals surface area contributed by atoms with Crippen molar-refractivity contribution in [1.29, 1.82) is 5.41 Å². The molecular weight excluding hydrogens is 486 g/mol. The van der Waals surface area contributed by atoms with Gasteiger partial charge in [-0.1, -0.05) is 36.4 Å². The molecule has 1 aliphatic heterocycles. The molecule has 2 heterocycles. The lowest BCUT2D eigenvalue weighted by Gasteiger charge is -2.30. The molecule has 0 unspecified atom stereocenters. The number of amidine groups is 1. The topological polar surface area (TPSA) is 129 Å². The molecule has 0 spiro atoms. The van der Waals surface area contributed by atoms with Crippen LogP contribution >= 0.6 is 0 Å². The fraction of sp³-hybridized carbons (Fsp3) is 0.179. The number of amides is 1. The highest BCUT2D eigenvalue weighted by Crippen LogP contribution is 2.32. The van der Waals surface area contributed by atoms with E-state index in [2.05, 4.69) is 9.71 Å². The van der Waals surface area contributed by atoms with Crippen molar-refractivity contribution in [1.82, 2.24) is 4.98 Å². The van der Waals surface area contributed by atoms with Gasteiger partial charge in [0.25, 0.3) is 10.0 Å². The molecule has 1 aliphatic rings. The van der Waals surface area contributed by atoms with Crippen molar-refractivity contribution in [3.63, 3.8) is 0 Å². The van der Waals surface area contributed by atoms with Crippen LogP contribution in [0, 0.1) is 5.41 Å². The van der Waals surface area contributed by atoms with Crippen molar-refractivity contribution >= 4 is 43.9 Å². The first-order chi connectivity index (χ1) is 17.8. The SMILES string of the molecule is N=C(N)c1ccc(CCC(=O)N2CCCc3cc(NS(=O)(=O)c4cccc5cnccc45)ccc32)cc1. The molecule has 4 aromatic rings. The first kappa shape index (κ1) is 24.5. The Morgan fingerprint density at radius 2 is 1.89 bits per heavy atom. The Morgan fingerprint density at radius 3 is 2.68 bits per heavy atom. The highest BCUT2D eigenvalue weighted by molar-refractivity contribution is 7.93. The minimum Gasteiger partial charge on any atom is -0.384 e. The second kappa shape index (κ2) is 10.0. The van der Waals surface area contributed by atoms with E-state index in [-0.39, 0.29) is 16.6 Å². The number of carbonyl (C=O) groups is 1. The summed E-state index contributed by atoms with van der Waals surface area (Å²) in [7, 11) is -3.82. The molecule has 0 aliphatic carbocycles. The van der Waals surface area contributed by atoms with E-state index in [0.29, 0.717) is 36.0 Å². The summed E-state index contributed by atoms with van der Waals surface area (Å²) >= 11 is 0. The number of hydrogen-bond donors (Lipinski definition) is 3. The average Bonchev–Trinajstić information content (AvgIpc) is 2.91. The zero-order valence-corrected chi connectivity index (χ0v) is 21.0. The summed E-state index contributed by atoms with van der Waals surface area (Å²) in [6.07, 6.45) is 5.72. The molecule has 37 heavy (non-hydrogen) atoms. The molecule has 0 atom stereocenters. The van der Waals surface area contributed by atoms with E-state index in [9.17, 15) is 13.2 Å². The molecule has 1 aromatic heterocycles. The minimum atomic E-state index is -3.82. The number of sulfonamides is 1. The van der Waals surface area contributed by atoms with Crippen LogP contribution in [-0.4, -0.2) is 31.7 Å². The number of nitrogens with two attached hydrogens (primary N) is 1. The molecule has 5 rings (SSSR count). The third-order valence-electron chi connectivity index (χ3n) is 6.57. The zero-order chi connectivity index (χ0) is 26.0. The Morgan fingerprint density at radius 1 is 1.08 bits per heavy atom. The normalized spacial score (nSPS) is 13.2. The van der Waals surface area contributed by atoms with Gasteiger partial charge >= 0.3 is 0 Å². The van der Waals surface area contributed by atoms with Gasteiger partial charge in [-0.05, 0) is 60.7 Å². The van der Waals surface area contributed by atoms with Crippen molar-refractivity contribution in [2.75, 3.05) is 16.2 Å². The summed E-state index contributed by atoms with van der Waals surface area (Å²) in [6, 6.07) is 19.5. The number of nitrogen functional groups attached to an aromatic ring is 1. The lowest BCUT2D eigenvalue weighted by atomic mass is 10.00. The van der Waals surface area contributed by atoms with E-state index in [4.69, 9.17) is 11.1 Å². The van der Waals surface area contributed by atoms with Crippen LogP contribution in [-0.2, 0) is 27.7 Å². The predicted octanol–water partition coefficient (Wildman–Crippen LogP) is 4.23. The maximum absolute atomic E-state index is 13.2. The van der Waals surface area contributed by atoms with Crippen molar-refractivity contribution in [2.45, 2.75) is 30.6 Å². The zero-order valence-electron chi connectivity index (χ0n) is 20.1. The molecule has 4 N–H and O–H groups in total. The van der Waals surface area contributed by atoms with Gasteiger partial charge in [0.1, 0.15) is 5.84 Å². The summed E-state index contributed by atoms with van der Waals surface area (Å²) in [6.45, 7) is 0.629. The maximum Gasteiger partial charge on any atom is 0.262 e. The molecule has 1 amide bonds. The standard InChI is InChI=1S/C28H27N5O3S/c29-28(30)20-9-6-19(7-10-20)8-13-27(34)33-16-2-4-21-17-23(11-12-25(21)33)32-37(35,36)26-5-1-3-22-18-31-15-14-24(22)26/h1,3,5-7,9-12,14-15,17-18,32H,2,4,8,13,16H2,(H3,29,30). The number of carbonyl (C=O) groups excluding carboxylic acids is 1. The number of aryl methyl sites for hydroxylation is 2. The van der Waals surface area contributed by atoms with E-state index in [0.717, 1.165) is 35.0 Å². The largest absolute Gasteiger partial charge is 0.384 e. The lowest BCUT2D eigenvalue weighted by molar-refractivity contribution is -0.118. The van der Waals surface area contributed by atoms with Gasteiger partial charge in [-0.3, -0.25) is 19.9 Å². The molecule has 0 radical (unpaired) electrons. The van der Waals surface area contributed by atoms with E-state index >= 15 is 0 Å². The smallest absolute Gasteiger partial charge is 0.262 e.